The SMILES string of the molecule is CCCCC/C=C\CCCCCCCC(=O)OCCCCCCCCCCCCCCCCCCC(=O)NC(CO)C(O)/C=C/CCCCCCCCCCCCCCCCCCCCCC. The lowest BCUT2D eigenvalue weighted by Gasteiger charge is -2.20. The average Bonchev–Trinajstić information content (AvgIpc) is 3.33. The Morgan fingerprint density at radius 1 is 0.403 bits per heavy atom. The fraction of sp³-hybridized carbons (Fsp3) is 0.902. The van der Waals surface area contributed by atoms with Crippen LogP contribution in [0.1, 0.15) is 328 Å². The van der Waals surface area contributed by atoms with E-state index in [1.165, 1.54) is 257 Å². The fourth-order valence-corrected chi connectivity index (χ4v) is 9.34. The van der Waals surface area contributed by atoms with Gasteiger partial charge >= 0.3 is 5.97 Å². The number of aliphatic hydroxyl groups excluding tert-OH is 2. The van der Waals surface area contributed by atoms with E-state index in [2.05, 4.69) is 31.3 Å². The number of rotatable bonds is 56. The molecule has 0 saturated heterocycles. The Kier molecular flexibility index (Phi) is 55.5. The van der Waals surface area contributed by atoms with Crippen LogP contribution >= 0.6 is 0 Å². The van der Waals surface area contributed by atoms with E-state index in [0.717, 1.165) is 44.9 Å². The molecule has 0 bridgehead atoms. The zero-order chi connectivity index (χ0) is 48.6. The zero-order valence-corrected chi connectivity index (χ0v) is 45.1. The molecule has 0 aromatic carbocycles. The van der Waals surface area contributed by atoms with Gasteiger partial charge in [-0.05, 0) is 57.8 Å². The van der Waals surface area contributed by atoms with E-state index in [4.69, 9.17) is 4.74 Å². The van der Waals surface area contributed by atoms with E-state index in [9.17, 15) is 19.8 Å². The molecule has 67 heavy (non-hydrogen) atoms. The molecule has 0 aliphatic rings. The lowest BCUT2D eigenvalue weighted by atomic mass is 10.0. The lowest BCUT2D eigenvalue weighted by Crippen LogP contribution is -2.45. The van der Waals surface area contributed by atoms with E-state index in [1.807, 2.05) is 6.08 Å². The van der Waals surface area contributed by atoms with Crippen LogP contribution < -0.4 is 5.32 Å². The summed E-state index contributed by atoms with van der Waals surface area (Å²) >= 11 is 0. The van der Waals surface area contributed by atoms with Crippen LogP contribution in [0.5, 0.6) is 0 Å². The Balaban J connectivity index is 3.46. The van der Waals surface area contributed by atoms with Crippen LogP contribution in [-0.2, 0) is 14.3 Å². The van der Waals surface area contributed by atoms with Gasteiger partial charge in [0.25, 0.3) is 0 Å². The minimum absolute atomic E-state index is 0.00746. The second kappa shape index (κ2) is 56.9. The van der Waals surface area contributed by atoms with Gasteiger partial charge in [0.05, 0.1) is 25.4 Å². The van der Waals surface area contributed by atoms with E-state index >= 15 is 0 Å². The first kappa shape index (κ1) is 65.3. The summed E-state index contributed by atoms with van der Waals surface area (Å²) in [5, 5.41) is 23.2. The van der Waals surface area contributed by atoms with Crippen molar-refractivity contribution in [3.63, 3.8) is 0 Å². The second-order valence-corrected chi connectivity index (χ2v) is 20.7. The molecule has 396 valence electrons. The Morgan fingerprint density at radius 2 is 0.701 bits per heavy atom. The van der Waals surface area contributed by atoms with Crippen molar-refractivity contribution in [2.75, 3.05) is 13.2 Å². The highest BCUT2D eigenvalue weighted by Gasteiger charge is 2.18. The number of aliphatic hydroxyl groups is 2. The van der Waals surface area contributed by atoms with Crippen LogP contribution in [0.3, 0.4) is 0 Å². The summed E-state index contributed by atoms with van der Waals surface area (Å²) in [7, 11) is 0. The monoisotopic (exact) mass is 944 g/mol. The Morgan fingerprint density at radius 3 is 1.09 bits per heavy atom. The maximum Gasteiger partial charge on any atom is 0.305 e. The number of esters is 1. The Bertz CT molecular complexity index is 1040. The summed E-state index contributed by atoms with van der Waals surface area (Å²) in [4.78, 5) is 24.5. The largest absolute Gasteiger partial charge is 0.466 e. The summed E-state index contributed by atoms with van der Waals surface area (Å²) < 4.78 is 5.46. The van der Waals surface area contributed by atoms with Crippen molar-refractivity contribution >= 4 is 11.9 Å². The van der Waals surface area contributed by atoms with Gasteiger partial charge in [-0.25, -0.2) is 0 Å². The summed E-state index contributed by atoms with van der Waals surface area (Å²) in [6, 6.07) is -0.634. The van der Waals surface area contributed by atoms with E-state index in [-0.39, 0.29) is 18.5 Å². The predicted molar refractivity (Wildman–Crippen MR) is 292 cm³/mol. The van der Waals surface area contributed by atoms with Crippen LogP contribution in [0, 0.1) is 0 Å². The number of carbonyl (C=O) groups excluding carboxylic acids is 2. The van der Waals surface area contributed by atoms with Crippen molar-refractivity contribution in [1.29, 1.82) is 0 Å². The minimum atomic E-state index is -0.850. The van der Waals surface area contributed by atoms with Gasteiger partial charge in [-0.1, -0.05) is 282 Å². The van der Waals surface area contributed by atoms with Crippen LogP contribution in [0.2, 0.25) is 0 Å². The molecule has 6 nitrogen and oxygen atoms in total. The van der Waals surface area contributed by atoms with Crippen LogP contribution in [0.25, 0.3) is 0 Å². The predicted octanol–water partition coefficient (Wildman–Crippen LogP) is 18.6. The minimum Gasteiger partial charge on any atom is -0.466 e. The molecule has 0 heterocycles. The van der Waals surface area contributed by atoms with Gasteiger partial charge in [-0.2, -0.15) is 0 Å². The van der Waals surface area contributed by atoms with Gasteiger partial charge in [-0.3, -0.25) is 9.59 Å². The normalized spacial score (nSPS) is 12.7. The standard InChI is InChI=1S/C61H117NO5/c1-3-5-7-9-11-13-15-17-18-19-20-21-22-23-24-27-30-33-37-41-45-49-53-59(64)58(57-63)62-60(65)54-50-46-42-38-34-31-28-25-26-29-32-36-40-44-48-52-56-67-61(66)55-51-47-43-39-35-16-14-12-10-8-6-4-2/h12,14,49,53,58-59,63-64H,3-11,13,15-48,50-52,54-57H2,1-2H3,(H,62,65)/b14-12-,53-49+. The number of hydrogen-bond donors (Lipinski definition) is 3. The van der Waals surface area contributed by atoms with E-state index < -0.39 is 12.1 Å². The van der Waals surface area contributed by atoms with Crippen molar-refractivity contribution in [3.8, 4) is 0 Å². The third kappa shape index (κ3) is 53.5. The number of hydrogen-bond acceptors (Lipinski definition) is 5. The van der Waals surface area contributed by atoms with Crippen molar-refractivity contribution in [2.24, 2.45) is 0 Å². The van der Waals surface area contributed by atoms with Crippen LogP contribution in [0.15, 0.2) is 24.3 Å². The number of ether oxygens (including phenoxy) is 1. The molecule has 3 N–H and O–H groups in total. The molecule has 1 amide bonds. The molecule has 0 saturated carbocycles. The lowest BCUT2D eigenvalue weighted by molar-refractivity contribution is -0.143. The van der Waals surface area contributed by atoms with Crippen molar-refractivity contribution in [1.82, 2.24) is 5.32 Å². The number of amides is 1. The van der Waals surface area contributed by atoms with Crippen LogP contribution in [0.4, 0.5) is 0 Å². The average molecular weight is 945 g/mol. The highest BCUT2D eigenvalue weighted by Crippen LogP contribution is 2.17. The smallest absolute Gasteiger partial charge is 0.305 e. The van der Waals surface area contributed by atoms with Gasteiger partial charge < -0.3 is 20.3 Å². The number of allylic oxidation sites excluding steroid dienone is 3. The molecule has 0 fully saturated rings. The quantitative estimate of drug-likeness (QED) is 0.0321. The molecule has 0 spiro atoms. The topological polar surface area (TPSA) is 95.9 Å². The zero-order valence-electron chi connectivity index (χ0n) is 45.1. The molecule has 2 unspecified atom stereocenters. The summed E-state index contributed by atoms with van der Waals surface area (Å²) in [5.74, 6) is -0.0795. The maximum absolute atomic E-state index is 12.5. The van der Waals surface area contributed by atoms with Gasteiger partial charge in [-0.15, -0.1) is 0 Å². The number of carbonyl (C=O) groups is 2. The summed E-state index contributed by atoms with van der Waals surface area (Å²) in [5.41, 5.74) is 0. The van der Waals surface area contributed by atoms with Crippen molar-refractivity contribution in [2.45, 2.75) is 341 Å². The van der Waals surface area contributed by atoms with Crippen molar-refractivity contribution < 1.29 is 24.5 Å². The highest BCUT2D eigenvalue weighted by atomic mass is 16.5. The molecular weight excluding hydrogens is 827 g/mol. The summed E-state index contributed by atoms with van der Waals surface area (Å²) in [6.45, 7) is 4.88. The first-order valence-electron chi connectivity index (χ1n) is 30.1. The Hall–Kier alpha value is -1.66. The number of nitrogens with one attached hydrogen (secondary N) is 1. The third-order valence-corrected chi connectivity index (χ3v) is 14.0. The molecule has 0 aromatic heterocycles. The van der Waals surface area contributed by atoms with Gasteiger partial charge in [0.1, 0.15) is 0 Å². The fourth-order valence-electron chi connectivity index (χ4n) is 9.34. The molecule has 6 heteroatoms. The van der Waals surface area contributed by atoms with Gasteiger partial charge in [0.15, 0.2) is 0 Å². The summed E-state index contributed by atoms with van der Waals surface area (Å²) in [6.07, 6.45) is 69.2. The van der Waals surface area contributed by atoms with Crippen LogP contribution in [-0.4, -0.2) is 47.4 Å². The second-order valence-electron chi connectivity index (χ2n) is 20.7. The first-order chi connectivity index (χ1) is 33.0. The van der Waals surface area contributed by atoms with E-state index in [1.54, 1.807) is 6.08 Å². The highest BCUT2D eigenvalue weighted by molar-refractivity contribution is 5.76. The van der Waals surface area contributed by atoms with Gasteiger partial charge in [0.2, 0.25) is 5.91 Å². The number of unbranched alkanes of at least 4 members (excludes halogenated alkanes) is 43. The Labute approximate surface area is 418 Å². The molecular formula is C61H117NO5. The molecule has 0 radical (unpaired) electrons. The molecule has 2 atom stereocenters. The first-order valence-corrected chi connectivity index (χ1v) is 30.1. The van der Waals surface area contributed by atoms with Crippen molar-refractivity contribution in [3.05, 3.63) is 24.3 Å². The molecule has 0 aromatic rings. The van der Waals surface area contributed by atoms with Gasteiger partial charge in [0, 0.05) is 12.8 Å². The third-order valence-electron chi connectivity index (χ3n) is 14.0. The van der Waals surface area contributed by atoms with E-state index in [0.29, 0.717) is 19.4 Å². The molecule has 0 aliphatic carbocycles. The molecule has 0 aliphatic heterocycles. The molecule has 0 rings (SSSR count). The maximum atomic E-state index is 12.5.